The van der Waals surface area contributed by atoms with Gasteiger partial charge in [0.05, 0.1) is 26.8 Å². The molecular formula is C11H9ClN4S. The molecule has 3 N–H and O–H groups in total. The van der Waals surface area contributed by atoms with E-state index in [2.05, 4.69) is 15.0 Å². The lowest BCUT2D eigenvalue weighted by Gasteiger charge is -1.94. The molecule has 3 aromatic rings. The van der Waals surface area contributed by atoms with Gasteiger partial charge in [0, 0.05) is 17.3 Å². The van der Waals surface area contributed by atoms with Gasteiger partial charge in [0.2, 0.25) is 0 Å². The molecule has 0 aliphatic heterocycles. The van der Waals surface area contributed by atoms with E-state index < -0.39 is 0 Å². The third kappa shape index (κ3) is 1.59. The summed E-state index contributed by atoms with van der Waals surface area (Å²) in [5.74, 6) is 0. The van der Waals surface area contributed by atoms with Gasteiger partial charge in [-0.1, -0.05) is 11.6 Å². The number of aromatic nitrogens is 3. The average Bonchev–Trinajstić information content (AvgIpc) is 2.84. The third-order valence-corrected chi connectivity index (χ3v) is 3.69. The molecule has 0 unspecified atom stereocenters. The Hall–Kier alpha value is -1.59. The lowest BCUT2D eigenvalue weighted by Crippen LogP contribution is -1.86. The maximum absolute atomic E-state index is 6.32. The van der Waals surface area contributed by atoms with Crippen LogP contribution in [0, 0.1) is 6.92 Å². The van der Waals surface area contributed by atoms with Gasteiger partial charge < -0.3 is 10.7 Å². The number of pyridine rings is 1. The zero-order chi connectivity index (χ0) is 12.0. The van der Waals surface area contributed by atoms with Gasteiger partial charge >= 0.3 is 0 Å². The van der Waals surface area contributed by atoms with E-state index in [-0.39, 0.29) is 0 Å². The Morgan fingerprint density at radius 3 is 2.94 bits per heavy atom. The number of hydrogen-bond acceptors (Lipinski definition) is 4. The molecule has 0 fully saturated rings. The average molecular weight is 265 g/mol. The number of nitrogens with one attached hydrogen (secondary N) is 1. The molecule has 0 bridgehead atoms. The van der Waals surface area contributed by atoms with Crippen LogP contribution in [0.2, 0.25) is 5.02 Å². The number of nitrogens with zero attached hydrogens (tertiary/aromatic N) is 2. The Labute approximate surface area is 106 Å². The van der Waals surface area contributed by atoms with E-state index in [0.29, 0.717) is 16.4 Å². The normalized spacial score (nSPS) is 11.2. The first-order valence-corrected chi connectivity index (χ1v) is 6.26. The Kier molecular flexibility index (Phi) is 2.31. The first kappa shape index (κ1) is 10.6. The van der Waals surface area contributed by atoms with Gasteiger partial charge in [-0.2, -0.15) is 0 Å². The summed E-state index contributed by atoms with van der Waals surface area (Å²) in [7, 11) is 0. The van der Waals surface area contributed by atoms with Gasteiger partial charge in [-0.3, -0.25) is 0 Å². The molecule has 17 heavy (non-hydrogen) atoms. The molecule has 3 heterocycles. The van der Waals surface area contributed by atoms with Crippen LogP contribution in [0.15, 0.2) is 17.6 Å². The minimum atomic E-state index is 0.580. The van der Waals surface area contributed by atoms with Crippen LogP contribution in [-0.4, -0.2) is 15.0 Å². The number of nitrogens with two attached hydrogens (primary N) is 1. The molecule has 4 nitrogen and oxygen atoms in total. The Morgan fingerprint density at radius 1 is 1.47 bits per heavy atom. The standard InChI is InChI=1S/C11H9ClN4S/c1-5-15-7(4-17-5)10-9(12)8-6(13)2-3-14-11(8)16-10/h2-4H,1H3,(H3,13,14,16). The molecule has 3 aromatic heterocycles. The molecular weight excluding hydrogens is 256 g/mol. The number of thiazole rings is 1. The van der Waals surface area contributed by atoms with Crippen LogP contribution in [0.4, 0.5) is 5.69 Å². The summed E-state index contributed by atoms with van der Waals surface area (Å²) in [5.41, 5.74) is 8.80. The molecule has 0 saturated heterocycles. The van der Waals surface area contributed by atoms with E-state index in [1.807, 2.05) is 12.3 Å². The molecule has 0 aliphatic rings. The highest BCUT2D eigenvalue weighted by Crippen LogP contribution is 2.36. The largest absolute Gasteiger partial charge is 0.398 e. The molecule has 6 heteroatoms. The lowest BCUT2D eigenvalue weighted by molar-refractivity contribution is 1.26. The second-order valence-electron chi connectivity index (χ2n) is 3.69. The summed E-state index contributed by atoms with van der Waals surface area (Å²) < 4.78 is 0. The first-order valence-electron chi connectivity index (χ1n) is 5.01. The van der Waals surface area contributed by atoms with Crippen LogP contribution in [-0.2, 0) is 0 Å². The van der Waals surface area contributed by atoms with Gasteiger partial charge in [0.1, 0.15) is 5.65 Å². The van der Waals surface area contributed by atoms with Gasteiger partial charge in [-0.15, -0.1) is 11.3 Å². The van der Waals surface area contributed by atoms with Crippen LogP contribution >= 0.6 is 22.9 Å². The zero-order valence-corrected chi connectivity index (χ0v) is 10.6. The molecule has 0 aromatic carbocycles. The van der Waals surface area contributed by atoms with Gasteiger partial charge in [-0.25, -0.2) is 9.97 Å². The lowest BCUT2D eigenvalue weighted by atomic mass is 10.2. The van der Waals surface area contributed by atoms with Crippen molar-refractivity contribution < 1.29 is 0 Å². The summed E-state index contributed by atoms with van der Waals surface area (Å²) in [5, 5.41) is 4.30. The third-order valence-electron chi connectivity index (χ3n) is 2.54. The van der Waals surface area contributed by atoms with Crippen molar-refractivity contribution in [1.82, 2.24) is 15.0 Å². The number of hydrogen-bond donors (Lipinski definition) is 2. The van der Waals surface area contributed by atoms with E-state index >= 15 is 0 Å². The van der Waals surface area contributed by atoms with E-state index in [1.54, 1.807) is 23.6 Å². The first-order chi connectivity index (χ1) is 8.16. The molecule has 0 atom stereocenters. The predicted octanol–water partition coefficient (Wildman–Crippen LogP) is 3.23. The number of halogens is 1. The highest BCUT2D eigenvalue weighted by atomic mass is 35.5. The SMILES string of the molecule is Cc1nc(-c2[nH]c3nccc(N)c3c2Cl)cs1. The number of H-pyrrole nitrogens is 1. The van der Waals surface area contributed by atoms with Crippen LogP contribution in [0.1, 0.15) is 5.01 Å². The fraction of sp³-hybridized carbons (Fsp3) is 0.0909. The topological polar surface area (TPSA) is 67.6 Å². The number of nitrogen functional groups attached to an aromatic ring is 1. The fourth-order valence-corrected chi connectivity index (χ4v) is 2.70. The van der Waals surface area contributed by atoms with Crippen molar-refractivity contribution in [2.75, 3.05) is 5.73 Å². The van der Waals surface area contributed by atoms with E-state index in [9.17, 15) is 0 Å². The monoisotopic (exact) mass is 264 g/mol. The number of fused-ring (bicyclic) bond motifs is 1. The minimum Gasteiger partial charge on any atom is -0.398 e. The molecule has 0 spiro atoms. The molecule has 0 aliphatic carbocycles. The van der Waals surface area contributed by atoms with Crippen molar-refractivity contribution >= 4 is 39.7 Å². The Morgan fingerprint density at radius 2 is 2.29 bits per heavy atom. The van der Waals surface area contributed by atoms with Crippen molar-refractivity contribution in [3.8, 4) is 11.4 Å². The second kappa shape index (κ2) is 3.72. The van der Waals surface area contributed by atoms with Gasteiger partial charge in [0.25, 0.3) is 0 Å². The van der Waals surface area contributed by atoms with Crippen LogP contribution < -0.4 is 5.73 Å². The van der Waals surface area contributed by atoms with E-state index in [4.69, 9.17) is 17.3 Å². The summed E-state index contributed by atoms with van der Waals surface area (Å²) in [6, 6.07) is 1.73. The number of anilines is 1. The summed E-state index contributed by atoms with van der Waals surface area (Å²) in [6.45, 7) is 1.96. The number of aryl methyl sites for hydroxylation is 1. The van der Waals surface area contributed by atoms with Crippen LogP contribution in [0.25, 0.3) is 22.4 Å². The summed E-state index contributed by atoms with van der Waals surface area (Å²) in [4.78, 5) is 11.8. The fourth-order valence-electron chi connectivity index (χ4n) is 1.76. The number of rotatable bonds is 1. The van der Waals surface area contributed by atoms with E-state index in [0.717, 1.165) is 21.8 Å². The predicted molar refractivity (Wildman–Crippen MR) is 71.4 cm³/mol. The van der Waals surface area contributed by atoms with Crippen molar-refractivity contribution in [3.05, 3.63) is 27.7 Å². The quantitative estimate of drug-likeness (QED) is 0.709. The molecule has 3 rings (SSSR count). The molecule has 0 amide bonds. The Bertz CT molecular complexity index is 701. The molecule has 0 radical (unpaired) electrons. The van der Waals surface area contributed by atoms with Crippen molar-refractivity contribution in [2.24, 2.45) is 0 Å². The van der Waals surface area contributed by atoms with Crippen molar-refractivity contribution in [3.63, 3.8) is 0 Å². The van der Waals surface area contributed by atoms with Gasteiger partial charge in [-0.05, 0) is 13.0 Å². The van der Waals surface area contributed by atoms with Crippen molar-refractivity contribution in [2.45, 2.75) is 6.92 Å². The van der Waals surface area contributed by atoms with Crippen molar-refractivity contribution in [1.29, 1.82) is 0 Å². The highest BCUT2D eigenvalue weighted by Gasteiger charge is 2.15. The maximum atomic E-state index is 6.32. The van der Waals surface area contributed by atoms with Crippen LogP contribution in [0.5, 0.6) is 0 Å². The van der Waals surface area contributed by atoms with E-state index in [1.165, 1.54) is 0 Å². The van der Waals surface area contributed by atoms with Gasteiger partial charge in [0.15, 0.2) is 0 Å². The highest BCUT2D eigenvalue weighted by molar-refractivity contribution is 7.09. The smallest absolute Gasteiger partial charge is 0.141 e. The van der Waals surface area contributed by atoms with Crippen LogP contribution in [0.3, 0.4) is 0 Å². The zero-order valence-electron chi connectivity index (χ0n) is 8.99. The summed E-state index contributed by atoms with van der Waals surface area (Å²) >= 11 is 7.90. The molecule has 86 valence electrons. The summed E-state index contributed by atoms with van der Waals surface area (Å²) in [6.07, 6.45) is 1.65. The molecule has 0 saturated carbocycles. The maximum Gasteiger partial charge on any atom is 0.141 e. The number of aromatic amines is 1. The second-order valence-corrected chi connectivity index (χ2v) is 5.13. The minimum absolute atomic E-state index is 0.580. The Balaban J connectivity index is 2.32.